The number of hydrogen-bond donors (Lipinski definition) is 1. The third-order valence-corrected chi connectivity index (χ3v) is 2.70. The van der Waals surface area contributed by atoms with Crippen LogP contribution < -0.4 is 14.8 Å². The van der Waals surface area contributed by atoms with Crippen molar-refractivity contribution in [3.63, 3.8) is 0 Å². The first-order valence-corrected chi connectivity index (χ1v) is 6.90. The molecule has 1 amide bonds. The van der Waals surface area contributed by atoms with Gasteiger partial charge in [-0.05, 0) is 19.1 Å². The van der Waals surface area contributed by atoms with Crippen LogP contribution in [0.3, 0.4) is 0 Å². The van der Waals surface area contributed by atoms with Crippen LogP contribution in [0.1, 0.15) is 13.3 Å². The van der Waals surface area contributed by atoms with Crippen LogP contribution in [-0.4, -0.2) is 51.2 Å². The summed E-state index contributed by atoms with van der Waals surface area (Å²) in [5, 5.41) is 3.18. The number of carbonyl (C=O) groups is 1. The topological polar surface area (TPSA) is 50.8 Å². The van der Waals surface area contributed by atoms with Gasteiger partial charge in [0.2, 0.25) is 5.91 Å². The maximum atomic E-state index is 11.4. The Morgan fingerprint density at radius 2 is 1.80 bits per heavy atom. The molecule has 0 bridgehead atoms. The first-order chi connectivity index (χ1) is 9.65. The van der Waals surface area contributed by atoms with Crippen LogP contribution in [-0.2, 0) is 4.79 Å². The molecular weight excluding hydrogens is 256 g/mol. The molecule has 0 aliphatic carbocycles. The van der Waals surface area contributed by atoms with Gasteiger partial charge in [0, 0.05) is 33.6 Å². The number of amides is 1. The van der Waals surface area contributed by atoms with E-state index in [4.69, 9.17) is 9.47 Å². The second-order valence-electron chi connectivity index (χ2n) is 4.52. The van der Waals surface area contributed by atoms with Crippen molar-refractivity contribution in [2.45, 2.75) is 13.3 Å². The van der Waals surface area contributed by atoms with E-state index in [9.17, 15) is 4.79 Å². The zero-order chi connectivity index (χ0) is 14.8. The zero-order valence-corrected chi connectivity index (χ0v) is 12.5. The second-order valence-corrected chi connectivity index (χ2v) is 4.52. The maximum Gasteiger partial charge on any atom is 0.223 e. The molecule has 1 aromatic rings. The Bertz CT molecular complexity index is 408. The fourth-order valence-corrected chi connectivity index (χ4v) is 1.62. The summed E-state index contributed by atoms with van der Waals surface area (Å²) in [6, 6.07) is 7.62. The van der Waals surface area contributed by atoms with Crippen molar-refractivity contribution in [2.24, 2.45) is 0 Å². The van der Waals surface area contributed by atoms with Gasteiger partial charge in [-0.3, -0.25) is 4.79 Å². The Balaban J connectivity index is 2.20. The number of nitrogens with one attached hydrogen (secondary N) is 1. The molecule has 0 aliphatic rings. The van der Waals surface area contributed by atoms with Gasteiger partial charge in [-0.2, -0.15) is 0 Å². The fourth-order valence-electron chi connectivity index (χ4n) is 1.62. The van der Waals surface area contributed by atoms with Crippen molar-refractivity contribution in [3.05, 3.63) is 24.3 Å². The van der Waals surface area contributed by atoms with Crippen molar-refractivity contribution in [3.8, 4) is 11.5 Å². The first kappa shape index (κ1) is 16.3. The third kappa shape index (κ3) is 5.93. The highest BCUT2D eigenvalue weighted by Crippen LogP contribution is 2.25. The van der Waals surface area contributed by atoms with E-state index in [0.717, 1.165) is 11.5 Å². The number of nitrogens with zero attached hydrogens (tertiary/aromatic N) is 1. The Hall–Kier alpha value is -1.75. The van der Waals surface area contributed by atoms with E-state index in [2.05, 4.69) is 5.32 Å². The Kier molecular flexibility index (Phi) is 7.50. The molecule has 0 saturated heterocycles. The van der Waals surface area contributed by atoms with E-state index < -0.39 is 0 Å². The minimum absolute atomic E-state index is 0.125. The zero-order valence-electron chi connectivity index (χ0n) is 12.5. The monoisotopic (exact) mass is 280 g/mol. The molecule has 5 heteroatoms. The molecular formula is C15H24N2O3. The van der Waals surface area contributed by atoms with Crippen LogP contribution in [0, 0.1) is 0 Å². The summed E-state index contributed by atoms with van der Waals surface area (Å²) in [6.45, 7) is 4.46. The number of hydrogen-bond acceptors (Lipinski definition) is 4. The Morgan fingerprint density at radius 1 is 1.15 bits per heavy atom. The van der Waals surface area contributed by atoms with E-state index in [1.54, 1.807) is 19.0 Å². The van der Waals surface area contributed by atoms with Gasteiger partial charge < -0.3 is 19.7 Å². The first-order valence-electron chi connectivity index (χ1n) is 6.90. The van der Waals surface area contributed by atoms with E-state index in [1.165, 1.54) is 0 Å². The summed E-state index contributed by atoms with van der Waals surface area (Å²) in [5.41, 5.74) is 0. The molecule has 1 rings (SSSR count). The normalized spacial score (nSPS) is 10.2. The van der Waals surface area contributed by atoms with Crippen LogP contribution in [0.15, 0.2) is 24.3 Å². The lowest BCUT2D eigenvalue weighted by Gasteiger charge is -2.12. The minimum atomic E-state index is 0.125. The van der Waals surface area contributed by atoms with Crippen LogP contribution in [0.4, 0.5) is 0 Å². The van der Waals surface area contributed by atoms with Gasteiger partial charge >= 0.3 is 0 Å². The number of benzene rings is 1. The highest BCUT2D eigenvalue weighted by molar-refractivity contribution is 5.75. The molecule has 0 aliphatic heterocycles. The fraction of sp³-hybridized carbons (Fsp3) is 0.533. The molecule has 0 spiro atoms. The lowest BCUT2D eigenvalue weighted by Crippen LogP contribution is -2.28. The van der Waals surface area contributed by atoms with E-state index >= 15 is 0 Å². The van der Waals surface area contributed by atoms with Crippen molar-refractivity contribution < 1.29 is 14.3 Å². The molecule has 5 nitrogen and oxygen atoms in total. The number of ether oxygens (including phenoxy) is 2. The molecule has 0 fully saturated rings. The van der Waals surface area contributed by atoms with Gasteiger partial charge in [0.15, 0.2) is 11.5 Å². The molecule has 1 N–H and O–H groups in total. The molecule has 0 aromatic heterocycles. The molecule has 0 saturated carbocycles. The Labute approximate surface area is 120 Å². The predicted molar refractivity (Wildman–Crippen MR) is 79.3 cm³/mol. The molecule has 0 atom stereocenters. The SMILES string of the molecule is CCOc1ccccc1OCCNCCC(=O)N(C)C. The molecule has 0 radical (unpaired) electrons. The average Bonchev–Trinajstić information content (AvgIpc) is 2.44. The smallest absolute Gasteiger partial charge is 0.223 e. The van der Waals surface area contributed by atoms with Crippen LogP contribution in [0.2, 0.25) is 0 Å². The quantitative estimate of drug-likeness (QED) is 0.697. The van der Waals surface area contributed by atoms with Gasteiger partial charge in [0.05, 0.1) is 6.61 Å². The summed E-state index contributed by atoms with van der Waals surface area (Å²) < 4.78 is 11.1. The Morgan fingerprint density at radius 3 is 2.40 bits per heavy atom. The molecule has 1 aromatic carbocycles. The lowest BCUT2D eigenvalue weighted by molar-refractivity contribution is -0.128. The van der Waals surface area contributed by atoms with Crippen LogP contribution in [0.5, 0.6) is 11.5 Å². The average molecular weight is 280 g/mol. The molecule has 0 heterocycles. The van der Waals surface area contributed by atoms with Crippen molar-refractivity contribution in [1.82, 2.24) is 10.2 Å². The highest BCUT2D eigenvalue weighted by atomic mass is 16.5. The predicted octanol–water partition coefficient (Wildman–Crippen LogP) is 1.53. The highest BCUT2D eigenvalue weighted by Gasteiger charge is 2.04. The van der Waals surface area contributed by atoms with Gasteiger partial charge in [0.25, 0.3) is 0 Å². The summed E-state index contributed by atoms with van der Waals surface area (Å²) in [4.78, 5) is 12.9. The number of carbonyl (C=O) groups excluding carboxylic acids is 1. The summed E-state index contributed by atoms with van der Waals surface area (Å²) in [5.74, 6) is 1.64. The van der Waals surface area contributed by atoms with Gasteiger partial charge in [-0.25, -0.2) is 0 Å². The van der Waals surface area contributed by atoms with Crippen LogP contribution in [0.25, 0.3) is 0 Å². The lowest BCUT2D eigenvalue weighted by atomic mass is 10.3. The molecule has 112 valence electrons. The van der Waals surface area contributed by atoms with Gasteiger partial charge in [-0.1, -0.05) is 12.1 Å². The van der Waals surface area contributed by atoms with Gasteiger partial charge in [0.1, 0.15) is 6.61 Å². The summed E-state index contributed by atoms with van der Waals surface area (Å²) in [7, 11) is 3.52. The summed E-state index contributed by atoms with van der Waals surface area (Å²) >= 11 is 0. The van der Waals surface area contributed by atoms with Crippen molar-refractivity contribution in [1.29, 1.82) is 0 Å². The standard InChI is InChI=1S/C15H24N2O3/c1-4-19-13-7-5-6-8-14(13)20-12-11-16-10-9-15(18)17(2)3/h5-8,16H,4,9-12H2,1-3H3. The molecule has 20 heavy (non-hydrogen) atoms. The van der Waals surface area contributed by atoms with Crippen molar-refractivity contribution >= 4 is 5.91 Å². The van der Waals surface area contributed by atoms with E-state index in [0.29, 0.717) is 32.7 Å². The van der Waals surface area contributed by atoms with Gasteiger partial charge in [-0.15, -0.1) is 0 Å². The van der Waals surface area contributed by atoms with Crippen molar-refractivity contribution in [2.75, 3.05) is 40.4 Å². The number of rotatable bonds is 9. The molecule has 0 unspecified atom stereocenters. The maximum absolute atomic E-state index is 11.4. The summed E-state index contributed by atoms with van der Waals surface area (Å²) in [6.07, 6.45) is 0.503. The largest absolute Gasteiger partial charge is 0.490 e. The number of para-hydroxylation sites is 2. The third-order valence-electron chi connectivity index (χ3n) is 2.70. The minimum Gasteiger partial charge on any atom is -0.490 e. The van der Waals surface area contributed by atoms with E-state index in [1.807, 2.05) is 31.2 Å². The second kappa shape index (κ2) is 9.20. The van der Waals surface area contributed by atoms with Crippen LogP contribution >= 0.6 is 0 Å². The van der Waals surface area contributed by atoms with E-state index in [-0.39, 0.29) is 5.91 Å².